The molecule has 106 valence electrons. The lowest BCUT2D eigenvalue weighted by Gasteiger charge is -2.17. The molecule has 0 amide bonds. The maximum Gasteiger partial charge on any atom is 0.341 e. The van der Waals surface area contributed by atoms with E-state index in [0.29, 0.717) is 30.4 Å². The second kappa shape index (κ2) is 7.82. The summed E-state index contributed by atoms with van der Waals surface area (Å²) in [5, 5.41) is 0. The van der Waals surface area contributed by atoms with Crippen molar-refractivity contribution in [3.05, 3.63) is 29.3 Å². The van der Waals surface area contributed by atoms with Crippen LogP contribution in [0.2, 0.25) is 0 Å². The van der Waals surface area contributed by atoms with E-state index >= 15 is 0 Å². The molecule has 0 saturated carbocycles. The van der Waals surface area contributed by atoms with E-state index in [1.165, 1.54) is 0 Å². The number of ether oxygens (including phenoxy) is 2. The molecule has 1 aromatic carbocycles. The summed E-state index contributed by atoms with van der Waals surface area (Å²) in [6.45, 7) is 9.12. The van der Waals surface area contributed by atoms with Crippen molar-refractivity contribution in [2.75, 3.05) is 13.2 Å². The number of carbonyl (C=O) groups excluding carboxylic acids is 1. The molecule has 0 aliphatic rings. The maximum absolute atomic E-state index is 12.0. The Labute approximate surface area is 115 Å². The molecule has 0 radical (unpaired) electrons. The number of carbonyl (C=O) groups is 1. The molecule has 19 heavy (non-hydrogen) atoms. The fourth-order valence-electron chi connectivity index (χ4n) is 1.86. The van der Waals surface area contributed by atoms with Gasteiger partial charge in [0.05, 0.1) is 13.2 Å². The van der Waals surface area contributed by atoms with Gasteiger partial charge in [-0.2, -0.15) is 0 Å². The third-order valence-electron chi connectivity index (χ3n) is 2.91. The van der Waals surface area contributed by atoms with Gasteiger partial charge in [-0.25, -0.2) is 4.79 Å². The zero-order chi connectivity index (χ0) is 14.3. The van der Waals surface area contributed by atoms with Crippen LogP contribution in [0, 0.1) is 0 Å². The van der Waals surface area contributed by atoms with Gasteiger partial charge in [-0.1, -0.05) is 39.3 Å². The van der Waals surface area contributed by atoms with Crippen LogP contribution in [0.1, 0.15) is 62.4 Å². The molecule has 0 atom stereocenters. The summed E-state index contributed by atoms with van der Waals surface area (Å²) in [7, 11) is 0. The maximum atomic E-state index is 12.0. The SMILES string of the molecule is CCCCOc1c(C(=O)OCC)cccc1C(C)C. The topological polar surface area (TPSA) is 35.5 Å². The summed E-state index contributed by atoms with van der Waals surface area (Å²) in [6.07, 6.45) is 2.05. The van der Waals surface area contributed by atoms with E-state index < -0.39 is 0 Å². The summed E-state index contributed by atoms with van der Waals surface area (Å²) in [5.74, 6) is 0.687. The number of esters is 1. The molecule has 3 nitrogen and oxygen atoms in total. The summed E-state index contributed by atoms with van der Waals surface area (Å²) in [5.41, 5.74) is 1.59. The van der Waals surface area contributed by atoms with Crippen LogP contribution >= 0.6 is 0 Å². The highest BCUT2D eigenvalue weighted by atomic mass is 16.5. The number of rotatable bonds is 7. The fraction of sp³-hybridized carbons (Fsp3) is 0.562. The highest BCUT2D eigenvalue weighted by molar-refractivity contribution is 5.93. The zero-order valence-electron chi connectivity index (χ0n) is 12.4. The van der Waals surface area contributed by atoms with E-state index in [4.69, 9.17) is 9.47 Å². The normalized spacial score (nSPS) is 10.6. The van der Waals surface area contributed by atoms with Crippen molar-refractivity contribution in [2.24, 2.45) is 0 Å². The predicted octanol–water partition coefficient (Wildman–Crippen LogP) is 4.17. The second-order valence-corrected chi connectivity index (χ2v) is 4.80. The van der Waals surface area contributed by atoms with E-state index in [2.05, 4.69) is 20.8 Å². The Morgan fingerprint density at radius 2 is 2.00 bits per heavy atom. The number of unbranched alkanes of at least 4 members (excludes halogenated alkanes) is 1. The molecule has 0 aliphatic heterocycles. The second-order valence-electron chi connectivity index (χ2n) is 4.80. The van der Waals surface area contributed by atoms with Crippen molar-refractivity contribution in [3.63, 3.8) is 0 Å². The molecular weight excluding hydrogens is 240 g/mol. The van der Waals surface area contributed by atoms with Gasteiger partial charge < -0.3 is 9.47 Å². The highest BCUT2D eigenvalue weighted by Crippen LogP contribution is 2.31. The summed E-state index contributed by atoms with van der Waals surface area (Å²) >= 11 is 0. The molecule has 1 rings (SSSR count). The van der Waals surface area contributed by atoms with E-state index in [0.717, 1.165) is 18.4 Å². The Morgan fingerprint density at radius 3 is 2.58 bits per heavy atom. The molecule has 0 aromatic heterocycles. The van der Waals surface area contributed by atoms with Crippen LogP contribution in [0.3, 0.4) is 0 Å². The zero-order valence-corrected chi connectivity index (χ0v) is 12.4. The van der Waals surface area contributed by atoms with Gasteiger partial charge in [0.25, 0.3) is 0 Å². The lowest BCUT2D eigenvalue weighted by molar-refractivity contribution is 0.0521. The number of para-hydroxylation sites is 1. The lowest BCUT2D eigenvalue weighted by atomic mass is 9.99. The first kappa shape index (κ1) is 15.5. The third kappa shape index (κ3) is 4.27. The van der Waals surface area contributed by atoms with Gasteiger partial charge in [-0.3, -0.25) is 0 Å². The molecule has 0 saturated heterocycles. The van der Waals surface area contributed by atoms with Gasteiger partial charge in [-0.15, -0.1) is 0 Å². The molecule has 0 N–H and O–H groups in total. The van der Waals surface area contributed by atoms with Crippen molar-refractivity contribution in [1.29, 1.82) is 0 Å². The van der Waals surface area contributed by atoms with Crippen LogP contribution in [-0.2, 0) is 4.74 Å². The van der Waals surface area contributed by atoms with Gasteiger partial charge in [0.1, 0.15) is 11.3 Å². The minimum Gasteiger partial charge on any atom is -0.492 e. The highest BCUT2D eigenvalue weighted by Gasteiger charge is 2.18. The smallest absolute Gasteiger partial charge is 0.341 e. The Hall–Kier alpha value is -1.51. The number of hydrogen-bond acceptors (Lipinski definition) is 3. The summed E-state index contributed by atoms with van der Waals surface area (Å²) in [4.78, 5) is 12.0. The van der Waals surface area contributed by atoms with Gasteiger partial charge in [-0.05, 0) is 30.9 Å². The van der Waals surface area contributed by atoms with Crippen LogP contribution in [0.5, 0.6) is 5.75 Å². The van der Waals surface area contributed by atoms with E-state index in [-0.39, 0.29) is 5.97 Å². The fourth-order valence-corrected chi connectivity index (χ4v) is 1.86. The minimum atomic E-state index is -0.309. The first-order valence-electron chi connectivity index (χ1n) is 7.04. The summed E-state index contributed by atoms with van der Waals surface area (Å²) in [6, 6.07) is 5.66. The van der Waals surface area contributed by atoms with Crippen molar-refractivity contribution < 1.29 is 14.3 Å². The van der Waals surface area contributed by atoms with E-state index in [9.17, 15) is 4.79 Å². The summed E-state index contributed by atoms with van der Waals surface area (Å²) < 4.78 is 10.9. The standard InChI is InChI=1S/C16H24O3/c1-5-7-11-19-15-13(12(3)4)9-8-10-14(15)16(17)18-6-2/h8-10,12H,5-7,11H2,1-4H3. The Balaban J connectivity index is 3.06. The van der Waals surface area contributed by atoms with Crippen molar-refractivity contribution in [1.82, 2.24) is 0 Å². The van der Waals surface area contributed by atoms with Gasteiger partial charge in [0.2, 0.25) is 0 Å². The van der Waals surface area contributed by atoms with Gasteiger partial charge in [0.15, 0.2) is 0 Å². The Kier molecular flexibility index (Phi) is 6.40. The largest absolute Gasteiger partial charge is 0.492 e. The molecule has 1 aromatic rings. The van der Waals surface area contributed by atoms with Crippen molar-refractivity contribution in [2.45, 2.75) is 46.5 Å². The van der Waals surface area contributed by atoms with Crippen molar-refractivity contribution >= 4 is 5.97 Å². The number of hydrogen-bond donors (Lipinski definition) is 0. The first-order chi connectivity index (χ1) is 9.11. The Morgan fingerprint density at radius 1 is 1.26 bits per heavy atom. The average molecular weight is 264 g/mol. The lowest BCUT2D eigenvalue weighted by Crippen LogP contribution is -2.11. The molecule has 0 heterocycles. The number of benzene rings is 1. The molecule has 3 heteroatoms. The third-order valence-corrected chi connectivity index (χ3v) is 2.91. The molecule has 0 fully saturated rings. The quantitative estimate of drug-likeness (QED) is 0.548. The van der Waals surface area contributed by atoms with Crippen LogP contribution in [-0.4, -0.2) is 19.2 Å². The van der Waals surface area contributed by atoms with E-state index in [1.807, 2.05) is 19.1 Å². The van der Waals surface area contributed by atoms with E-state index in [1.54, 1.807) is 6.07 Å². The molecule has 0 aliphatic carbocycles. The van der Waals surface area contributed by atoms with Gasteiger partial charge in [0, 0.05) is 0 Å². The van der Waals surface area contributed by atoms with Crippen LogP contribution in [0.25, 0.3) is 0 Å². The Bertz CT molecular complexity index is 410. The average Bonchev–Trinajstić information content (AvgIpc) is 2.39. The molecule has 0 spiro atoms. The minimum absolute atomic E-state index is 0.309. The molecular formula is C16H24O3. The first-order valence-corrected chi connectivity index (χ1v) is 7.04. The molecule has 0 unspecified atom stereocenters. The predicted molar refractivity (Wildman–Crippen MR) is 76.9 cm³/mol. The monoisotopic (exact) mass is 264 g/mol. The van der Waals surface area contributed by atoms with Crippen LogP contribution in [0.4, 0.5) is 0 Å². The van der Waals surface area contributed by atoms with Crippen LogP contribution < -0.4 is 4.74 Å². The molecule has 0 bridgehead atoms. The van der Waals surface area contributed by atoms with Crippen molar-refractivity contribution in [3.8, 4) is 5.75 Å². The van der Waals surface area contributed by atoms with Crippen LogP contribution in [0.15, 0.2) is 18.2 Å². The van der Waals surface area contributed by atoms with Gasteiger partial charge >= 0.3 is 5.97 Å².